The molecule has 6 nitrogen and oxygen atoms in total. The topological polar surface area (TPSA) is 71.1 Å². The number of carbonyl (C=O) groups is 2. The van der Waals surface area contributed by atoms with E-state index >= 15 is 0 Å². The summed E-state index contributed by atoms with van der Waals surface area (Å²) in [5.41, 5.74) is -0.684. The molecule has 42 heavy (non-hydrogen) atoms. The molecule has 0 heterocycles. The van der Waals surface area contributed by atoms with Gasteiger partial charge in [-0.2, -0.15) is 0 Å². The van der Waals surface area contributed by atoms with Crippen LogP contribution in [0.15, 0.2) is 48.5 Å². The predicted octanol–water partition coefficient (Wildman–Crippen LogP) is 7.63. The zero-order chi connectivity index (χ0) is 28.9. The molecule has 0 aliphatic heterocycles. The van der Waals surface area contributed by atoms with Gasteiger partial charge in [-0.15, -0.1) is 0 Å². The average Bonchev–Trinajstić information content (AvgIpc) is 3.74. The molecule has 6 aliphatic rings. The lowest BCUT2D eigenvalue weighted by molar-refractivity contribution is -0.182. The van der Waals surface area contributed by atoms with E-state index in [1.807, 2.05) is 48.5 Å². The van der Waals surface area contributed by atoms with E-state index in [0.29, 0.717) is 60.2 Å². The van der Waals surface area contributed by atoms with E-state index in [9.17, 15) is 9.59 Å². The maximum absolute atomic E-state index is 13.3. The third-order valence-electron chi connectivity index (χ3n) is 11.2. The largest absolute Gasteiger partial charge is 0.494 e. The van der Waals surface area contributed by atoms with Crippen LogP contribution < -0.4 is 18.9 Å². The van der Waals surface area contributed by atoms with Crippen molar-refractivity contribution in [2.75, 3.05) is 13.2 Å². The van der Waals surface area contributed by atoms with Gasteiger partial charge in [0.2, 0.25) is 0 Å². The van der Waals surface area contributed by atoms with Crippen LogP contribution in [0.3, 0.4) is 0 Å². The highest BCUT2D eigenvalue weighted by atomic mass is 16.5. The quantitative estimate of drug-likeness (QED) is 0.104. The van der Waals surface area contributed by atoms with Crippen LogP contribution in [0.5, 0.6) is 23.0 Å². The van der Waals surface area contributed by atoms with Gasteiger partial charge in [-0.25, -0.2) is 0 Å². The van der Waals surface area contributed by atoms with E-state index in [1.54, 1.807) is 0 Å². The van der Waals surface area contributed by atoms with Gasteiger partial charge in [0.15, 0.2) is 0 Å². The van der Waals surface area contributed by atoms with Crippen molar-refractivity contribution in [1.82, 2.24) is 0 Å². The van der Waals surface area contributed by atoms with Crippen LogP contribution in [0.2, 0.25) is 0 Å². The Balaban J connectivity index is 0.864. The molecule has 0 radical (unpaired) electrons. The van der Waals surface area contributed by atoms with Gasteiger partial charge >= 0.3 is 11.9 Å². The molecule has 0 amide bonds. The van der Waals surface area contributed by atoms with E-state index in [-0.39, 0.29) is 22.8 Å². The second-order valence-corrected chi connectivity index (χ2v) is 13.3. The number of ether oxygens (including phenoxy) is 4. The zero-order valence-corrected chi connectivity index (χ0v) is 25.0. The number of benzene rings is 2. The maximum Gasteiger partial charge on any atom is 0.318 e. The van der Waals surface area contributed by atoms with Crippen LogP contribution in [-0.2, 0) is 9.59 Å². The van der Waals surface area contributed by atoms with Crippen LogP contribution in [0.25, 0.3) is 0 Å². The first-order chi connectivity index (χ1) is 20.6. The van der Waals surface area contributed by atoms with Crippen molar-refractivity contribution < 1.29 is 28.5 Å². The molecule has 0 N–H and O–H groups in total. The first-order valence-corrected chi connectivity index (χ1v) is 16.5. The molecule has 224 valence electrons. The SMILES string of the molecule is CCCCCCCOc1ccc(OC(=O)C23C4C2C2C5C3C4C52C(=O)Oc2ccc(OCCCCCCC)cc2)cc1. The summed E-state index contributed by atoms with van der Waals surface area (Å²) in [6.45, 7) is 5.86. The Bertz CT molecular complexity index is 1180. The van der Waals surface area contributed by atoms with Gasteiger partial charge < -0.3 is 18.9 Å². The van der Waals surface area contributed by atoms with Crippen molar-refractivity contribution in [2.24, 2.45) is 46.3 Å². The van der Waals surface area contributed by atoms with Crippen LogP contribution in [0.1, 0.15) is 78.1 Å². The van der Waals surface area contributed by atoms with E-state index in [0.717, 1.165) is 24.3 Å². The van der Waals surface area contributed by atoms with Crippen LogP contribution >= 0.6 is 0 Å². The molecule has 6 fully saturated rings. The molecule has 0 unspecified atom stereocenters. The Morgan fingerprint density at radius 3 is 1.14 bits per heavy atom. The summed E-state index contributed by atoms with van der Waals surface area (Å²) in [6, 6.07) is 14.8. The summed E-state index contributed by atoms with van der Waals surface area (Å²) in [5, 5.41) is 0. The fourth-order valence-corrected chi connectivity index (χ4v) is 9.50. The van der Waals surface area contributed by atoms with E-state index < -0.39 is 0 Å². The number of rotatable bonds is 18. The Hall–Kier alpha value is -3.02. The lowest BCUT2D eigenvalue weighted by Crippen LogP contribution is -2.61. The standard InChI is InChI=1S/C36H44O6/c1-3-5-7-9-11-21-39-23-13-17-25(18-14-23)41-33(37)35-27-29(35)30-28-31(35)32(27)36(28,30)34(38)42-26-19-15-24(16-20-26)40-22-12-10-8-6-4-2/h13-20,27-32H,3-12,21-22H2,1-2H3. The molecule has 2 aromatic carbocycles. The van der Waals surface area contributed by atoms with Crippen molar-refractivity contribution in [3.63, 3.8) is 0 Å². The van der Waals surface area contributed by atoms with Crippen molar-refractivity contribution in [2.45, 2.75) is 78.1 Å². The molecule has 0 saturated heterocycles. The smallest absolute Gasteiger partial charge is 0.318 e. The molecule has 6 heteroatoms. The molecular formula is C36H44O6. The molecule has 0 bridgehead atoms. The summed E-state index contributed by atoms with van der Waals surface area (Å²) in [7, 11) is 0. The average molecular weight is 573 g/mol. The van der Waals surface area contributed by atoms with E-state index in [4.69, 9.17) is 18.9 Å². The highest BCUT2D eigenvalue weighted by Gasteiger charge is 3.13. The third-order valence-corrected chi connectivity index (χ3v) is 11.2. The van der Waals surface area contributed by atoms with Crippen molar-refractivity contribution >= 4 is 11.9 Å². The van der Waals surface area contributed by atoms with Crippen LogP contribution in [-0.4, -0.2) is 25.2 Å². The maximum atomic E-state index is 13.3. The molecule has 6 saturated carbocycles. The summed E-state index contributed by atoms with van der Waals surface area (Å²) in [4.78, 5) is 26.7. The number of unbranched alkanes of at least 4 members (excludes halogenated alkanes) is 8. The van der Waals surface area contributed by atoms with Crippen molar-refractivity contribution in [1.29, 1.82) is 0 Å². The Kier molecular flexibility index (Phi) is 7.22. The summed E-state index contributed by atoms with van der Waals surface area (Å²) < 4.78 is 23.4. The monoisotopic (exact) mass is 572 g/mol. The van der Waals surface area contributed by atoms with Crippen LogP contribution in [0.4, 0.5) is 0 Å². The minimum Gasteiger partial charge on any atom is -0.494 e. The van der Waals surface area contributed by atoms with Gasteiger partial charge in [0.25, 0.3) is 0 Å². The Morgan fingerprint density at radius 1 is 0.500 bits per heavy atom. The second-order valence-electron chi connectivity index (χ2n) is 13.3. The normalized spacial score (nSPS) is 33.1. The predicted molar refractivity (Wildman–Crippen MR) is 158 cm³/mol. The molecule has 0 aromatic heterocycles. The highest BCUT2D eigenvalue weighted by Crippen LogP contribution is 3.10. The van der Waals surface area contributed by atoms with Gasteiger partial charge in [-0.1, -0.05) is 65.2 Å². The second kappa shape index (κ2) is 10.9. The fourth-order valence-electron chi connectivity index (χ4n) is 9.50. The molecule has 0 atom stereocenters. The third kappa shape index (κ3) is 4.03. The summed E-state index contributed by atoms with van der Waals surface area (Å²) in [6.07, 6.45) is 12.1. The fraction of sp³-hybridized carbons (Fsp3) is 0.611. The Morgan fingerprint density at radius 2 is 0.810 bits per heavy atom. The minimum absolute atomic E-state index is 0.0986. The Labute approximate surface area is 249 Å². The van der Waals surface area contributed by atoms with Crippen molar-refractivity contribution in [3.05, 3.63) is 48.5 Å². The summed E-state index contributed by atoms with van der Waals surface area (Å²) >= 11 is 0. The van der Waals surface area contributed by atoms with E-state index in [1.165, 1.54) is 51.4 Å². The van der Waals surface area contributed by atoms with Gasteiger partial charge in [0, 0.05) is 0 Å². The molecule has 2 aromatic rings. The molecular weight excluding hydrogens is 528 g/mol. The van der Waals surface area contributed by atoms with Gasteiger partial charge in [0.1, 0.15) is 23.0 Å². The zero-order valence-electron chi connectivity index (χ0n) is 25.0. The summed E-state index contributed by atoms with van der Waals surface area (Å²) in [5.74, 6) is 4.32. The number of hydrogen-bond donors (Lipinski definition) is 0. The van der Waals surface area contributed by atoms with Crippen LogP contribution in [0, 0.1) is 46.3 Å². The number of esters is 2. The van der Waals surface area contributed by atoms with Gasteiger partial charge in [0.05, 0.1) is 24.0 Å². The lowest BCUT2D eigenvalue weighted by atomic mass is 9.47. The first-order valence-electron chi connectivity index (χ1n) is 16.5. The van der Waals surface area contributed by atoms with Gasteiger partial charge in [-0.05, 0) is 96.9 Å². The minimum atomic E-state index is -0.342. The number of carbonyl (C=O) groups excluding carboxylic acids is 2. The van der Waals surface area contributed by atoms with E-state index in [2.05, 4.69) is 13.8 Å². The highest BCUT2D eigenvalue weighted by molar-refractivity contribution is 5.98. The lowest BCUT2D eigenvalue weighted by Gasteiger charge is -2.54. The molecule has 6 aliphatic carbocycles. The molecule has 0 spiro atoms. The number of hydrogen-bond acceptors (Lipinski definition) is 6. The van der Waals surface area contributed by atoms with Gasteiger partial charge in [-0.3, -0.25) is 9.59 Å². The first kappa shape index (κ1) is 27.8. The molecule has 8 rings (SSSR count). The van der Waals surface area contributed by atoms with Crippen molar-refractivity contribution in [3.8, 4) is 23.0 Å².